The molecule has 0 aliphatic heterocycles. The lowest BCUT2D eigenvalue weighted by molar-refractivity contribution is 0.627. The summed E-state index contributed by atoms with van der Waals surface area (Å²) in [5, 5.41) is 3.22. The number of benzene rings is 1. The Morgan fingerprint density at radius 1 is 1.35 bits per heavy atom. The molecule has 0 unspecified atom stereocenters. The zero-order valence-electron chi connectivity index (χ0n) is 9.24. The molecular formula is C12H11FIN3. The fourth-order valence-electron chi connectivity index (χ4n) is 1.42. The molecule has 17 heavy (non-hydrogen) atoms. The fraction of sp³-hybridized carbons (Fsp3) is 0.167. The molecule has 0 spiro atoms. The molecule has 1 heterocycles. The number of aryl methyl sites for hydroxylation is 1. The van der Waals surface area contributed by atoms with Crippen LogP contribution in [0, 0.1) is 16.3 Å². The van der Waals surface area contributed by atoms with Crippen molar-refractivity contribution in [1.82, 2.24) is 9.97 Å². The van der Waals surface area contributed by atoms with Gasteiger partial charge in [0.2, 0.25) is 0 Å². The van der Waals surface area contributed by atoms with Crippen LogP contribution in [-0.4, -0.2) is 9.97 Å². The van der Waals surface area contributed by atoms with E-state index in [9.17, 15) is 4.39 Å². The first-order chi connectivity index (χ1) is 8.15. The van der Waals surface area contributed by atoms with Gasteiger partial charge in [-0.25, -0.2) is 14.4 Å². The molecule has 0 aliphatic rings. The van der Waals surface area contributed by atoms with Crippen LogP contribution in [0.25, 0.3) is 0 Å². The van der Waals surface area contributed by atoms with Crippen molar-refractivity contribution in [3.8, 4) is 0 Å². The Morgan fingerprint density at radius 3 is 2.88 bits per heavy atom. The maximum Gasteiger partial charge on any atom is 0.125 e. The Labute approximate surface area is 113 Å². The van der Waals surface area contributed by atoms with Crippen molar-refractivity contribution in [2.24, 2.45) is 0 Å². The Balaban J connectivity index is 2.07. The zero-order chi connectivity index (χ0) is 12.3. The van der Waals surface area contributed by atoms with Gasteiger partial charge in [-0.3, -0.25) is 0 Å². The number of anilines is 1. The first-order valence-electron chi connectivity index (χ1n) is 5.12. The topological polar surface area (TPSA) is 37.8 Å². The summed E-state index contributed by atoms with van der Waals surface area (Å²) in [6.07, 6.45) is 1.73. The lowest BCUT2D eigenvalue weighted by Crippen LogP contribution is -2.04. The number of hydrogen-bond acceptors (Lipinski definition) is 3. The Morgan fingerprint density at radius 2 is 2.18 bits per heavy atom. The largest absolute Gasteiger partial charge is 0.379 e. The smallest absolute Gasteiger partial charge is 0.125 e. The molecule has 0 amide bonds. The standard InChI is InChI=1S/C12H11FIN3/c1-8-15-5-4-10(17-8)7-16-12-3-2-9(13)6-11(12)14/h2-6,16H,7H2,1H3. The summed E-state index contributed by atoms with van der Waals surface area (Å²) in [6, 6.07) is 6.52. The molecule has 0 atom stereocenters. The molecule has 1 aromatic carbocycles. The third kappa shape index (κ3) is 3.36. The lowest BCUT2D eigenvalue weighted by Gasteiger charge is -2.08. The minimum atomic E-state index is -0.224. The summed E-state index contributed by atoms with van der Waals surface area (Å²) in [5.74, 6) is 0.524. The SMILES string of the molecule is Cc1nccc(CNc2ccc(F)cc2I)n1. The molecule has 1 aromatic heterocycles. The van der Waals surface area contributed by atoms with Crippen molar-refractivity contribution in [2.45, 2.75) is 13.5 Å². The van der Waals surface area contributed by atoms with Gasteiger partial charge in [-0.2, -0.15) is 0 Å². The molecule has 3 nitrogen and oxygen atoms in total. The van der Waals surface area contributed by atoms with Crippen molar-refractivity contribution in [3.05, 3.63) is 51.4 Å². The number of aromatic nitrogens is 2. The van der Waals surface area contributed by atoms with Gasteiger partial charge in [0.05, 0.1) is 12.2 Å². The van der Waals surface area contributed by atoms with Crippen LogP contribution in [0.4, 0.5) is 10.1 Å². The second-order valence-corrected chi connectivity index (χ2v) is 4.74. The monoisotopic (exact) mass is 343 g/mol. The van der Waals surface area contributed by atoms with E-state index in [0.717, 1.165) is 20.8 Å². The van der Waals surface area contributed by atoms with Gasteiger partial charge in [-0.1, -0.05) is 0 Å². The lowest BCUT2D eigenvalue weighted by atomic mass is 10.3. The number of nitrogens with one attached hydrogen (secondary N) is 1. The van der Waals surface area contributed by atoms with Crippen LogP contribution in [0.15, 0.2) is 30.5 Å². The summed E-state index contributed by atoms with van der Waals surface area (Å²) in [6.45, 7) is 2.45. The van der Waals surface area contributed by atoms with E-state index in [1.54, 1.807) is 12.3 Å². The molecule has 0 bridgehead atoms. The maximum absolute atomic E-state index is 12.9. The van der Waals surface area contributed by atoms with Gasteiger partial charge >= 0.3 is 0 Å². The quantitative estimate of drug-likeness (QED) is 0.871. The minimum absolute atomic E-state index is 0.224. The van der Waals surface area contributed by atoms with Crippen LogP contribution >= 0.6 is 22.6 Å². The van der Waals surface area contributed by atoms with E-state index in [4.69, 9.17) is 0 Å². The molecule has 0 fully saturated rings. The Bertz CT molecular complexity index is 531. The van der Waals surface area contributed by atoms with Crippen molar-refractivity contribution in [1.29, 1.82) is 0 Å². The van der Waals surface area contributed by atoms with Crippen LogP contribution in [0.5, 0.6) is 0 Å². The normalized spacial score (nSPS) is 10.3. The number of hydrogen-bond donors (Lipinski definition) is 1. The zero-order valence-corrected chi connectivity index (χ0v) is 11.4. The summed E-state index contributed by atoms with van der Waals surface area (Å²) >= 11 is 2.10. The van der Waals surface area contributed by atoms with Gasteiger partial charge < -0.3 is 5.32 Å². The van der Waals surface area contributed by atoms with E-state index in [1.165, 1.54) is 12.1 Å². The molecule has 2 aromatic rings. The second kappa shape index (κ2) is 5.39. The molecule has 0 aliphatic carbocycles. The summed E-state index contributed by atoms with van der Waals surface area (Å²) in [4.78, 5) is 8.32. The van der Waals surface area contributed by atoms with E-state index in [0.29, 0.717) is 6.54 Å². The molecule has 1 N–H and O–H groups in total. The van der Waals surface area contributed by atoms with E-state index >= 15 is 0 Å². The number of rotatable bonds is 3. The third-order valence-corrected chi connectivity index (χ3v) is 3.12. The summed E-state index contributed by atoms with van der Waals surface area (Å²) in [7, 11) is 0. The predicted octanol–water partition coefficient (Wildman–Crippen LogP) is 3.14. The van der Waals surface area contributed by atoms with Gasteiger partial charge in [0.1, 0.15) is 11.6 Å². The third-order valence-electron chi connectivity index (χ3n) is 2.22. The van der Waals surface area contributed by atoms with Crippen LogP contribution in [-0.2, 0) is 6.54 Å². The van der Waals surface area contributed by atoms with Crippen molar-refractivity contribution in [3.63, 3.8) is 0 Å². The average Bonchev–Trinajstić information content (AvgIpc) is 2.28. The maximum atomic E-state index is 12.9. The first kappa shape index (κ1) is 12.2. The highest BCUT2D eigenvalue weighted by molar-refractivity contribution is 14.1. The van der Waals surface area contributed by atoms with Gasteiger partial charge in [-0.15, -0.1) is 0 Å². The highest BCUT2D eigenvalue weighted by Gasteiger charge is 2.01. The molecule has 0 radical (unpaired) electrons. The van der Waals surface area contributed by atoms with Crippen LogP contribution in [0.1, 0.15) is 11.5 Å². The average molecular weight is 343 g/mol. The Hall–Kier alpha value is -1.24. The fourth-order valence-corrected chi connectivity index (χ4v) is 2.09. The van der Waals surface area contributed by atoms with Crippen LogP contribution in [0.2, 0.25) is 0 Å². The molecule has 5 heteroatoms. The predicted molar refractivity (Wildman–Crippen MR) is 73.2 cm³/mol. The van der Waals surface area contributed by atoms with Crippen LogP contribution in [0.3, 0.4) is 0 Å². The number of nitrogens with zero attached hydrogens (tertiary/aromatic N) is 2. The summed E-state index contributed by atoms with van der Waals surface area (Å²) < 4.78 is 13.8. The minimum Gasteiger partial charge on any atom is -0.379 e. The molecule has 0 saturated carbocycles. The highest BCUT2D eigenvalue weighted by Crippen LogP contribution is 2.19. The van der Waals surface area contributed by atoms with E-state index in [1.807, 2.05) is 13.0 Å². The van der Waals surface area contributed by atoms with E-state index < -0.39 is 0 Å². The van der Waals surface area contributed by atoms with Crippen molar-refractivity contribution in [2.75, 3.05) is 5.32 Å². The molecule has 2 rings (SSSR count). The van der Waals surface area contributed by atoms with E-state index in [2.05, 4.69) is 37.9 Å². The van der Waals surface area contributed by atoms with Crippen molar-refractivity contribution >= 4 is 28.3 Å². The van der Waals surface area contributed by atoms with Gasteiger partial charge in [0.25, 0.3) is 0 Å². The highest BCUT2D eigenvalue weighted by atomic mass is 127. The summed E-state index contributed by atoms with van der Waals surface area (Å²) in [5.41, 5.74) is 1.82. The molecule has 88 valence electrons. The van der Waals surface area contributed by atoms with E-state index in [-0.39, 0.29) is 5.82 Å². The van der Waals surface area contributed by atoms with Gasteiger partial charge in [0.15, 0.2) is 0 Å². The molecular weight excluding hydrogens is 332 g/mol. The van der Waals surface area contributed by atoms with Crippen LogP contribution < -0.4 is 5.32 Å². The van der Waals surface area contributed by atoms with Gasteiger partial charge in [0, 0.05) is 15.5 Å². The first-order valence-corrected chi connectivity index (χ1v) is 6.20. The Kier molecular flexibility index (Phi) is 3.88. The van der Waals surface area contributed by atoms with Crippen molar-refractivity contribution < 1.29 is 4.39 Å². The second-order valence-electron chi connectivity index (χ2n) is 3.57. The van der Waals surface area contributed by atoms with Gasteiger partial charge in [-0.05, 0) is 53.8 Å². The number of halogens is 2. The molecule has 0 saturated heterocycles.